The highest BCUT2D eigenvalue weighted by Crippen LogP contribution is 2.41. The molecule has 0 amide bonds. The Balaban J connectivity index is 2.53. The van der Waals surface area contributed by atoms with Crippen molar-refractivity contribution in [2.75, 3.05) is 0 Å². The molecule has 1 atom stereocenters. The Labute approximate surface area is 134 Å². The minimum atomic E-state index is -0.995. The van der Waals surface area contributed by atoms with E-state index in [-0.39, 0.29) is 11.3 Å². The molecule has 21 heavy (non-hydrogen) atoms. The van der Waals surface area contributed by atoms with Crippen molar-refractivity contribution >= 4 is 34.2 Å². The van der Waals surface area contributed by atoms with Gasteiger partial charge in [0.05, 0.1) is 16.4 Å². The summed E-state index contributed by atoms with van der Waals surface area (Å²) in [6.45, 7) is 3.59. The molecule has 0 saturated carbocycles. The van der Waals surface area contributed by atoms with Crippen molar-refractivity contribution in [1.29, 1.82) is 0 Å². The van der Waals surface area contributed by atoms with E-state index < -0.39 is 16.8 Å². The summed E-state index contributed by atoms with van der Waals surface area (Å²) < 4.78 is 0.865. The second-order valence-electron chi connectivity index (χ2n) is 4.72. The van der Waals surface area contributed by atoms with Gasteiger partial charge in [-0.05, 0) is 42.0 Å². The van der Waals surface area contributed by atoms with E-state index in [9.17, 15) is 20.0 Å². The second kappa shape index (κ2) is 5.84. The summed E-state index contributed by atoms with van der Waals surface area (Å²) in [7, 11) is 0. The SMILES string of the molecule is CC1=C(I)C(c2ccc([N+](=O)[O-])cc2)C(C(=O)O)=C(C)N1. The van der Waals surface area contributed by atoms with Gasteiger partial charge in [-0.2, -0.15) is 0 Å². The number of nitro groups is 1. The van der Waals surface area contributed by atoms with Crippen LogP contribution in [0.5, 0.6) is 0 Å². The third kappa shape index (κ3) is 2.92. The fourth-order valence-corrected chi connectivity index (χ4v) is 3.16. The molecule has 7 heteroatoms. The molecule has 0 aliphatic carbocycles. The summed E-state index contributed by atoms with van der Waals surface area (Å²) >= 11 is 2.11. The van der Waals surface area contributed by atoms with Crippen molar-refractivity contribution in [3.8, 4) is 0 Å². The predicted molar refractivity (Wildman–Crippen MR) is 86.0 cm³/mol. The van der Waals surface area contributed by atoms with E-state index in [0.717, 1.165) is 14.8 Å². The number of hydrogen-bond donors (Lipinski definition) is 2. The summed E-state index contributed by atoms with van der Waals surface area (Å²) in [5.74, 6) is -1.41. The standard InChI is InChI=1S/C14H13IN2O4/c1-7-11(14(18)19)12(13(15)8(2)16-7)9-3-5-10(6-4-9)17(20)21/h3-6,12,16H,1-2H3,(H,18,19). The number of carboxylic acids is 1. The molecule has 0 spiro atoms. The first kappa shape index (κ1) is 15.5. The van der Waals surface area contributed by atoms with E-state index in [1.165, 1.54) is 12.1 Å². The lowest BCUT2D eigenvalue weighted by Crippen LogP contribution is -2.26. The molecule has 1 aromatic carbocycles. The number of allylic oxidation sites excluding steroid dienone is 3. The van der Waals surface area contributed by atoms with Gasteiger partial charge in [0.2, 0.25) is 0 Å². The lowest BCUT2D eigenvalue weighted by molar-refractivity contribution is -0.384. The number of hydrogen-bond acceptors (Lipinski definition) is 4. The van der Waals surface area contributed by atoms with E-state index >= 15 is 0 Å². The highest BCUT2D eigenvalue weighted by Gasteiger charge is 2.31. The highest BCUT2D eigenvalue weighted by molar-refractivity contribution is 14.1. The molecule has 1 heterocycles. The molecule has 1 aliphatic rings. The minimum Gasteiger partial charge on any atom is -0.478 e. The fraction of sp³-hybridized carbons (Fsp3) is 0.214. The average molecular weight is 400 g/mol. The second-order valence-corrected chi connectivity index (χ2v) is 5.89. The minimum absolute atomic E-state index is 0.0130. The van der Waals surface area contributed by atoms with Gasteiger partial charge in [0.25, 0.3) is 5.69 Å². The fourth-order valence-electron chi connectivity index (χ4n) is 2.35. The first-order valence-corrected chi connectivity index (χ1v) is 7.22. The molecule has 1 aromatic rings. The van der Waals surface area contributed by atoms with Crippen LogP contribution in [0.15, 0.2) is 44.8 Å². The smallest absolute Gasteiger partial charge is 0.334 e. The average Bonchev–Trinajstić information content (AvgIpc) is 2.42. The molecule has 0 radical (unpaired) electrons. The van der Waals surface area contributed by atoms with Gasteiger partial charge in [0.1, 0.15) is 0 Å². The van der Waals surface area contributed by atoms with Crippen molar-refractivity contribution in [1.82, 2.24) is 5.32 Å². The van der Waals surface area contributed by atoms with Crippen LogP contribution in [0.1, 0.15) is 25.3 Å². The van der Waals surface area contributed by atoms with E-state index in [1.54, 1.807) is 19.1 Å². The Morgan fingerprint density at radius 2 is 1.86 bits per heavy atom. The Morgan fingerprint density at radius 3 is 2.33 bits per heavy atom. The number of nitrogens with zero attached hydrogens (tertiary/aromatic N) is 1. The van der Waals surface area contributed by atoms with Crippen LogP contribution >= 0.6 is 22.6 Å². The Bertz CT molecular complexity index is 677. The lowest BCUT2D eigenvalue weighted by Gasteiger charge is -2.27. The van der Waals surface area contributed by atoms with Crippen LogP contribution in [-0.2, 0) is 4.79 Å². The number of halogens is 1. The third-order valence-corrected chi connectivity index (χ3v) is 4.78. The Kier molecular flexibility index (Phi) is 4.31. The molecule has 2 N–H and O–H groups in total. The number of rotatable bonds is 3. The molecule has 110 valence electrons. The van der Waals surface area contributed by atoms with Crippen molar-refractivity contribution in [2.45, 2.75) is 19.8 Å². The molecule has 1 unspecified atom stereocenters. The largest absolute Gasteiger partial charge is 0.478 e. The van der Waals surface area contributed by atoms with E-state index in [4.69, 9.17) is 0 Å². The van der Waals surface area contributed by atoms with Crippen LogP contribution in [0.3, 0.4) is 0 Å². The zero-order valence-electron chi connectivity index (χ0n) is 11.4. The monoisotopic (exact) mass is 400 g/mol. The maximum atomic E-state index is 11.5. The van der Waals surface area contributed by atoms with Gasteiger partial charge in [-0.1, -0.05) is 12.1 Å². The van der Waals surface area contributed by atoms with Gasteiger partial charge >= 0.3 is 5.97 Å². The number of carboxylic acid groups (broad SMARTS) is 1. The molecule has 0 fully saturated rings. The van der Waals surface area contributed by atoms with Crippen molar-refractivity contribution in [3.05, 3.63) is 60.5 Å². The summed E-state index contributed by atoms with van der Waals surface area (Å²) in [5, 5.41) is 23.2. The molecular formula is C14H13IN2O4. The first-order chi connectivity index (χ1) is 9.82. The number of carbonyl (C=O) groups is 1. The molecular weight excluding hydrogens is 387 g/mol. The van der Waals surface area contributed by atoms with Gasteiger partial charge in [0, 0.05) is 27.1 Å². The Morgan fingerprint density at radius 1 is 1.29 bits per heavy atom. The lowest BCUT2D eigenvalue weighted by atomic mass is 9.87. The number of benzene rings is 1. The molecule has 0 bridgehead atoms. The van der Waals surface area contributed by atoms with Gasteiger partial charge in [-0.25, -0.2) is 4.79 Å². The molecule has 2 rings (SSSR count). The van der Waals surface area contributed by atoms with Crippen LogP contribution in [-0.4, -0.2) is 16.0 Å². The number of aliphatic carboxylic acids is 1. The molecule has 1 aliphatic heterocycles. The van der Waals surface area contributed by atoms with E-state index in [2.05, 4.69) is 27.9 Å². The van der Waals surface area contributed by atoms with Crippen molar-refractivity contribution < 1.29 is 14.8 Å². The quantitative estimate of drug-likeness (QED) is 0.462. The summed E-state index contributed by atoms with van der Waals surface area (Å²) in [5.41, 5.74) is 2.45. The topological polar surface area (TPSA) is 92.5 Å². The molecule has 0 aromatic heterocycles. The zero-order chi connectivity index (χ0) is 15.7. The van der Waals surface area contributed by atoms with Crippen molar-refractivity contribution in [2.24, 2.45) is 0 Å². The summed E-state index contributed by atoms with van der Waals surface area (Å²) in [4.78, 5) is 21.8. The number of non-ortho nitro benzene ring substituents is 1. The van der Waals surface area contributed by atoms with Crippen LogP contribution < -0.4 is 5.32 Å². The predicted octanol–water partition coefficient (Wildman–Crippen LogP) is 3.31. The molecule has 0 saturated heterocycles. The Hall–Kier alpha value is -1.90. The summed E-state index contributed by atoms with van der Waals surface area (Å²) in [6.07, 6.45) is 0. The number of dihydropyridines is 1. The van der Waals surface area contributed by atoms with Gasteiger partial charge in [0.15, 0.2) is 0 Å². The normalized spacial score (nSPS) is 18.5. The molecule has 6 nitrogen and oxygen atoms in total. The third-order valence-electron chi connectivity index (χ3n) is 3.35. The van der Waals surface area contributed by atoms with Gasteiger partial charge in [-0.3, -0.25) is 10.1 Å². The van der Waals surface area contributed by atoms with Crippen LogP contribution in [0.25, 0.3) is 0 Å². The summed E-state index contributed by atoms with van der Waals surface area (Å²) in [6, 6.07) is 6.00. The van der Waals surface area contributed by atoms with Crippen molar-refractivity contribution in [3.63, 3.8) is 0 Å². The van der Waals surface area contributed by atoms with E-state index in [1.807, 2.05) is 6.92 Å². The maximum Gasteiger partial charge on any atom is 0.334 e. The van der Waals surface area contributed by atoms with Crippen LogP contribution in [0.2, 0.25) is 0 Å². The number of nitro benzene ring substituents is 1. The van der Waals surface area contributed by atoms with E-state index in [0.29, 0.717) is 5.70 Å². The van der Waals surface area contributed by atoms with Crippen LogP contribution in [0, 0.1) is 10.1 Å². The first-order valence-electron chi connectivity index (χ1n) is 6.14. The number of nitrogens with one attached hydrogen (secondary N) is 1. The highest BCUT2D eigenvalue weighted by atomic mass is 127. The van der Waals surface area contributed by atoms with Gasteiger partial charge < -0.3 is 10.4 Å². The van der Waals surface area contributed by atoms with Crippen LogP contribution in [0.4, 0.5) is 5.69 Å². The zero-order valence-corrected chi connectivity index (χ0v) is 13.5. The maximum absolute atomic E-state index is 11.5. The van der Waals surface area contributed by atoms with Gasteiger partial charge in [-0.15, -0.1) is 0 Å².